The molecule has 0 aliphatic heterocycles. The number of hydrogen-bond donors (Lipinski definition) is 1. The van der Waals surface area contributed by atoms with Gasteiger partial charge in [-0.1, -0.05) is 30.3 Å². The van der Waals surface area contributed by atoms with Crippen molar-refractivity contribution in [1.82, 2.24) is 9.55 Å². The highest BCUT2D eigenvalue weighted by atomic mass is 16.5. The normalized spacial score (nSPS) is 26.4. The summed E-state index contributed by atoms with van der Waals surface area (Å²) in [6, 6.07) is 9.98. The number of ether oxygens (including phenoxy) is 1. The molecule has 5 nitrogen and oxygen atoms in total. The fraction of sp³-hybridized carbons (Fsp3) is 0.500. The third-order valence-electron chi connectivity index (χ3n) is 5.23. The van der Waals surface area contributed by atoms with Gasteiger partial charge < -0.3 is 14.4 Å². The van der Waals surface area contributed by atoms with Crippen molar-refractivity contribution in [3.8, 4) is 0 Å². The zero-order chi connectivity index (χ0) is 17.9. The van der Waals surface area contributed by atoms with Gasteiger partial charge in [0.2, 0.25) is 0 Å². The second-order valence-corrected chi connectivity index (χ2v) is 6.97. The predicted molar refractivity (Wildman–Crippen MR) is 95.0 cm³/mol. The van der Waals surface area contributed by atoms with Crippen molar-refractivity contribution in [3.05, 3.63) is 54.1 Å². The Balaban J connectivity index is 1.85. The number of nitrogens with zero attached hydrogens (tertiary/aromatic N) is 2. The molecule has 2 aromatic rings. The molecule has 134 valence electrons. The van der Waals surface area contributed by atoms with Crippen LogP contribution in [0.15, 0.2) is 42.7 Å². The molecule has 0 bridgehead atoms. The molecule has 5 heteroatoms. The van der Waals surface area contributed by atoms with E-state index in [-0.39, 0.29) is 17.8 Å². The fourth-order valence-electron chi connectivity index (χ4n) is 3.88. The van der Waals surface area contributed by atoms with E-state index in [1.807, 2.05) is 55.1 Å². The van der Waals surface area contributed by atoms with E-state index >= 15 is 0 Å². The number of aliphatic hydroxyl groups is 1. The maximum absolute atomic E-state index is 12.4. The van der Waals surface area contributed by atoms with E-state index in [2.05, 4.69) is 4.98 Å². The molecular weight excluding hydrogens is 316 g/mol. The molecule has 25 heavy (non-hydrogen) atoms. The first-order valence-corrected chi connectivity index (χ1v) is 8.92. The second kappa shape index (κ2) is 7.40. The van der Waals surface area contributed by atoms with Gasteiger partial charge in [-0.05, 0) is 37.7 Å². The zero-order valence-corrected chi connectivity index (χ0v) is 14.9. The molecule has 1 saturated carbocycles. The van der Waals surface area contributed by atoms with Crippen LogP contribution in [0.25, 0.3) is 0 Å². The smallest absolute Gasteiger partial charge is 0.309 e. The van der Waals surface area contributed by atoms with Gasteiger partial charge >= 0.3 is 5.97 Å². The lowest BCUT2D eigenvalue weighted by atomic mass is 9.68. The van der Waals surface area contributed by atoms with E-state index in [4.69, 9.17) is 4.74 Å². The summed E-state index contributed by atoms with van der Waals surface area (Å²) in [5.41, 5.74) is 0.223. The van der Waals surface area contributed by atoms with Gasteiger partial charge in [-0.15, -0.1) is 0 Å². The highest BCUT2D eigenvalue weighted by Gasteiger charge is 2.44. The summed E-state index contributed by atoms with van der Waals surface area (Å²) in [6.45, 7) is 2.21. The first-order valence-electron chi connectivity index (χ1n) is 8.92. The monoisotopic (exact) mass is 342 g/mol. The van der Waals surface area contributed by atoms with Gasteiger partial charge in [0.05, 0.1) is 18.1 Å². The molecule has 0 saturated heterocycles. The molecule has 1 aliphatic carbocycles. The van der Waals surface area contributed by atoms with Gasteiger partial charge in [0.15, 0.2) is 0 Å². The van der Waals surface area contributed by atoms with E-state index in [1.165, 1.54) is 0 Å². The van der Waals surface area contributed by atoms with Crippen LogP contribution in [0.5, 0.6) is 0 Å². The van der Waals surface area contributed by atoms with E-state index < -0.39 is 5.60 Å². The Bertz CT molecular complexity index is 713. The molecule has 3 rings (SSSR count). The van der Waals surface area contributed by atoms with Crippen LogP contribution in [0.1, 0.15) is 43.5 Å². The Kier molecular flexibility index (Phi) is 5.23. The fourth-order valence-corrected chi connectivity index (χ4v) is 3.88. The molecule has 1 aromatic heterocycles. The lowest BCUT2D eigenvalue weighted by molar-refractivity contribution is -0.152. The van der Waals surface area contributed by atoms with Crippen LogP contribution in [0.2, 0.25) is 0 Å². The largest absolute Gasteiger partial charge is 0.466 e. The van der Waals surface area contributed by atoms with E-state index in [9.17, 15) is 9.90 Å². The minimum Gasteiger partial charge on any atom is -0.466 e. The van der Waals surface area contributed by atoms with Crippen molar-refractivity contribution in [3.63, 3.8) is 0 Å². The Labute approximate surface area is 148 Å². The summed E-state index contributed by atoms with van der Waals surface area (Å²) < 4.78 is 7.23. The average Bonchev–Trinajstić information content (AvgIpc) is 3.00. The summed E-state index contributed by atoms with van der Waals surface area (Å²) in [4.78, 5) is 16.8. The molecule has 0 unspecified atom stereocenters. The molecule has 1 N–H and O–H groups in total. The number of aryl methyl sites for hydroxylation is 1. The Morgan fingerprint density at radius 1 is 1.40 bits per heavy atom. The van der Waals surface area contributed by atoms with Crippen molar-refractivity contribution >= 4 is 5.97 Å². The highest BCUT2D eigenvalue weighted by Crippen LogP contribution is 2.44. The van der Waals surface area contributed by atoms with Crippen LogP contribution >= 0.6 is 0 Å². The summed E-state index contributed by atoms with van der Waals surface area (Å²) in [7, 11) is 1.94. The Morgan fingerprint density at radius 2 is 2.16 bits per heavy atom. The number of benzene rings is 1. The molecule has 0 spiro atoms. The number of esters is 1. The third-order valence-corrected chi connectivity index (χ3v) is 5.23. The molecule has 1 aliphatic rings. The maximum Gasteiger partial charge on any atom is 0.309 e. The van der Waals surface area contributed by atoms with Gasteiger partial charge in [0.25, 0.3) is 0 Å². The van der Waals surface area contributed by atoms with Crippen LogP contribution in [0.3, 0.4) is 0 Å². The van der Waals surface area contributed by atoms with Crippen molar-refractivity contribution in [2.24, 2.45) is 13.0 Å². The summed E-state index contributed by atoms with van der Waals surface area (Å²) in [5.74, 6) is 0.461. The van der Waals surface area contributed by atoms with Crippen LogP contribution in [-0.2, 0) is 23.0 Å². The lowest BCUT2D eigenvalue weighted by Crippen LogP contribution is -2.43. The van der Waals surface area contributed by atoms with Gasteiger partial charge in [-0.2, -0.15) is 0 Å². The van der Waals surface area contributed by atoms with Gasteiger partial charge in [-0.3, -0.25) is 4.79 Å². The van der Waals surface area contributed by atoms with Crippen molar-refractivity contribution in [2.75, 3.05) is 6.61 Å². The SMILES string of the molecule is CCOC(=O)[C@@H]1CC[C@](O)(Cc2nccn2C)C[C@H]1c1ccccc1. The first kappa shape index (κ1) is 17.7. The zero-order valence-electron chi connectivity index (χ0n) is 14.9. The minimum absolute atomic E-state index is 0.0423. The van der Waals surface area contributed by atoms with Crippen LogP contribution in [-0.4, -0.2) is 32.8 Å². The van der Waals surface area contributed by atoms with Crippen molar-refractivity contribution < 1.29 is 14.6 Å². The Morgan fingerprint density at radius 3 is 2.80 bits per heavy atom. The molecule has 1 heterocycles. The van der Waals surface area contributed by atoms with Gasteiger partial charge in [0.1, 0.15) is 5.82 Å². The molecule has 3 atom stereocenters. The highest BCUT2D eigenvalue weighted by molar-refractivity contribution is 5.74. The topological polar surface area (TPSA) is 64.3 Å². The lowest BCUT2D eigenvalue weighted by Gasteiger charge is -2.40. The molecular formula is C20H26N2O3. The average molecular weight is 342 g/mol. The van der Waals surface area contributed by atoms with E-state index in [0.29, 0.717) is 32.3 Å². The molecule has 1 aromatic carbocycles. The second-order valence-electron chi connectivity index (χ2n) is 6.97. The third kappa shape index (κ3) is 3.93. The molecule has 0 radical (unpaired) electrons. The van der Waals surface area contributed by atoms with Crippen molar-refractivity contribution in [2.45, 2.75) is 44.1 Å². The van der Waals surface area contributed by atoms with Gasteiger partial charge in [0, 0.05) is 25.9 Å². The predicted octanol–water partition coefficient (Wildman–Crippen LogP) is 2.84. The molecule has 0 amide bonds. The van der Waals surface area contributed by atoms with Gasteiger partial charge in [-0.25, -0.2) is 4.98 Å². The molecule has 1 fully saturated rings. The number of carbonyl (C=O) groups is 1. The summed E-state index contributed by atoms with van der Waals surface area (Å²) in [6.07, 6.45) is 5.87. The number of aromatic nitrogens is 2. The quantitative estimate of drug-likeness (QED) is 0.849. The van der Waals surface area contributed by atoms with E-state index in [0.717, 1.165) is 11.4 Å². The van der Waals surface area contributed by atoms with Crippen LogP contribution in [0, 0.1) is 5.92 Å². The van der Waals surface area contributed by atoms with E-state index in [1.54, 1.807) is 6.20 Å². The number of carbonyl (C=O) groups excluding carboxylic acids is 1. The maximum atomic E-state index is 12.4. The van der Waals surface area contributed by atoms with Crippen LogP contribution < -0.4 is 0 Å². The van der Waals surface area contributed by atoms with Crippen LogP contribution in [0.4, 0.5) is 0 Å². The summed E-state index contributed by atoms with van der Waals surface area (Å²) in [5, 5.41) is 11.2. The first-order chi connectivity index (χ1) is 12.0. The number of rotatable bonds is 5. The number of hydrogen-bond acceptors (Lipinski definition) is 4. The summed E-state index contributed by atoms with van der Waals surface area (Å²) >= 11 is 0. The Hall–Kier alpha value is -2.14. The standard InChI is InChI=1S/C20H26N2O3/c1-3-25-19(23)16-9-10-20(24,14-18-21-11-12-22(18)2)13-17(16)15-7-5-4-6-8-15/h4-8,11-12,16-17,24H,3,9-10,13-14H2,1-2H3/t16-,17+,20-/m1/s1. The van der Waals surface area contributed by atoms with Crippen molar-refractivity contribution in [1.29, 1.82) is 0 Å². The minimum atomic E-state index is -0.859. The number of imidazole rings is 1.